The van der Waals surface area contributed by atoms with E-state index in [-0.39, 0.29) is 18.0 Å². The molecule has 2 N–H and O–H groups in total. The Morgan fingerprint density at radius 3 is 2.37 bits per heavy atom. The van der Waals surface area contributed by atoms with Crippen LogP contribution in [0.4, 0.5) is 11.4 Å². The highest BCUT2D eigenvalue weighted by molar-refractivity contribution is 5.93. The van der Waals surface area contributed by atoms with E-state index in [0.717, 1.165) is 11.4 Å². The van der Waals surface area contributed by atoms with Crippen molar-refractivity contribution in [3.8, 4) is 5.95 Å². The molecule has 9 nitrogen and oxygen atoms in total. The van der Waals surface area contributed by atoms with E-state index in [4.69, 9.17) is 0 Å². The molecule has 2 heterocycles. The predicted molar refractivity (Wildman–Crippen MR) is 114 cm³/mol. The Labute approximate surface area is 173 Å². The number of rotatable bonds is 6. The fourth-order valence-corrected chi connectivity index (χ4v) is 3.08. The molecular formula is C21H24N6O3. The predicted octanol–water partition coefficient (Wildman–Crippen LogP) is 2.21. The number of amides is 2. The van der Waals surface area contributed by atoms with Gasteiger partial charge in [0.15, 0.2) is 0 Å². The van der Waals surface area contributed by atoms with Crippen LogP contribution in [0.5, 0.6) is 0 Å². The molecule has 0 aliphatic carbocycles. The molecule has 0 radical (unpaired) electrons. The summed E-state index contributed by atoms with van der Waals surface area (Å²) in [5, 5.41) is 9.82. The molecule has 0 atom stereocenters. The van der Waals surface area contributed by atoms with Crippen LogP contribution in [-0.2, 0) is 22.6 Å². The molecule has 0 unspecified atom stereocenters. The third kappa shape index (κ3) is 4.80. The van der Waals surface area contributed by atoms with E-state index in [1.54, 1.807) is 28.9 Å². The topological polar surface area (TPSA) is 111 Å². The quantitative estimate of drug-likeness (QED) is 0.650. The Morgan fingerprint density at radius 2 is 1.77 bits per heavy atom. The smallest absolute Gasteiger partial charge is 0.255 e. The Morgan fingerprint density at radius 1 is 1.07 bits per heavy atom. The molecular weight excluding hydrogens is 384 g/mol. The Balaban J connectivity index is 1.91. The maximum Gasteiger partial charge on any atom is 0.255 e. The summed E-state index contributed by atoms with van der Waals surface area (Å²) in [6.07, 6.45) is 0.588. The van der Waals surface area contributed by atoms with Crippen molar-refractivity contribution < 1.29 is 9.59 Å². The largest absolute Gasteiger partial charge is 0.326 e. The molecule has 1 aromatic carbocycles. The van der Waals surface area contributed by atoms with E-state index >= 15 is 0 Å². The van der Waals surface area contributed by atoms with Crippen molar-refractivity contribution in [3.05, 3.63) is 63.8 Å². The molecule has 2 amide bonds. The van der Waals surface area contributed by atoms with Gasteiger partial charge in [0.1, 0.15) is 6.54 Å². The van der Waals surface area contributed by atoms with Crippen molar-refractivity contribution in [2.45, 2.75) is 40.7 Å². The second kappa shape index (κ2) is 8.73. The molecule has 2 aromatic heterocycles. The van der Waals surface area contributed by atoms with Gasteiger partial charge in [0.05, 0.1) is 5.69 Å². The van der Waals surface area contributed by atoms with Gasteiger partial charge in [0, 0.05) is 35.8 Å². The molecule has 30 heavy (non-hydrogen) atoms. The number of hydrogen-bond acceptors (Lipinski definition) is 5. The lowest BCUT2D eigenvalue weighted by atomic mass is 10.2. The van der Waals surface area contributed by atoms with Crippen LogP contribution in [0.15, 0.2) is 41.2 Å². The van der Waals surface area contributed by atoms with Crippen LogP contribution in [0.25, 0.3) is 5.95 Å². The standard InChI is InChI=1S/C21H24N6O3/c1-5-16-11-20(30)26(21(24-16)27-14(3)9-13(2)25-27)12-19(29)23-18-8-6-7-17(10-18)22-15(4)28/h6-11H,5,12H2,1-4H3,(H,22,28)(H,23,29). The Kier molecular flexibility index (Phi) is 6.10. The van der Waals surface area contributed by atoms with Crippen LogP contribution in [0.3, 0.4) is 0 Å². The normalized spacial score (nSPS) is 10.7. The molecule has 156 valence electrons. The maximum absolute atomic E-state index is 12.7. The van der Waals surface area contributed by atoms with Gasteiger partial charge in [-0.1, -0.05) is 13.0 Å². The number of aryl methyl sites for hydroxylation is 3. The molecule has 0 bridgehead atoms. The first-order chi connectivity index (χ1) is 14.3. The summed E-state index contributed by atoms with van der Waals surface area (Å²) in [6, 6.07) is 10.1. The zero-order valence-electron chi connectivity index (χ0n) is 17.4. The second-order valence-corrected chi connectivity index (χ2v) is 6.97. The molecule has 0 fully saturated rings. The molecule has 0 spiro atoms. The van der Waals surface area contributed by atoms with Crippen molar-refractivity contribution in [1.82, 2.24) is 19.3 Å². The van der Waals surface area contributed by atoms with Crippen LogP contribution in [0, 0.1) is 13.8 Å². The second-order valence-electron chi connectivity index (χ2n) is 6.97. The van der Waals surface area contributed by atoms with Crippen LogP contribution >= 0.6 is 0 Å². The van der Waals surface area contributed by atoms with Gasteiger partial charge < -0.3 is 10.6 Å². The first-order valence-corrected chi connectivity index (χ1v) is 9.58. The third-order valence-corrected chi connectivity index (χ3v) is 4.37. The van der Waals surface area contributed by atoms with Crippen LogP contribution in [0.1, 0.15) is 30.9 Å². The van der Waals surface area contributed by atoms with Gasteiger partial charge in [-0.05, 0) is 44.5 Å². The lowest BCUT2D eigenvalue weighted by Crippen LogP contribution is -2.32. The molecule has 0 aliphatic rings. The van der Waals surface area contributed by atoms with Gasteiger partial charge in [-0.25, -0.2) is 9.67 Å². The summed E-state index contributed by atoms with van der Waals surface area (Å²) in [7, 11) is 0. The van der Waals surface area contributed by atoms with Crippen molar-refractivity contribution in [3.63, 3.8) is 0 Å². The van der Waals surface area contributed by atoms with E-state index in [1.807, 2.05) is 26.8 Å². The average molecular weight is 408 g/mol. The van der Waals surface area contributed by atoms with Crippen LogP contribution in [-0.4, -0.2) is 31.1 Å². The summed E-state index contributed by atoms with van der Waals surface area (Å²) < 4.78 is 2.87. The molecule has 0 saturated heterocycles. The van der Waals surface area contributed by atoms with Gasteiger partial charge in [0.2, 0.25) is 17.8 Å². The lowest BCUT2D eigenvalue weighted by molar-refractivity contribution is -0.117. The number of aromatic nitrogens is 4. The Bertz CT molecular complexity index is 1160. The minimum Gasteiger partial charge on any atom is -0.326 e. The maximum atomic E-state index is 12.7. The summed E-state index contributed by atoms with van der Waals surface area (Å²) >= 11 is 0. The van der Waals surface area contributed by atoms with Gasteiger partial charge in [-0.3, -0.25) is 19.0 Å². The first-order valence-electron chi connectivity index (χ1n) is 9.58. The number of carbonyl (C=O) groups is 2. The fourth-order valence-electron chi connectivity index (χ4n) is 3.08. The SMILES string of the molecule is CCc1cc(=O)n(CC(=O)Nc2cccc(NC(C)=O)c2)c(-n2nc(C)cc2C)n1. The summed E-state index contributed by atoms with van der Waals surface area (Å²) in [4.78, 5) is 41.2. The zero-order chi connectivity index (χ0) is 21.8. The fraction of sp³-hybridized carbons (Fsp3) is 0.286. The molecule has 9 heteroatoms. The van der Waals surface area contributed by atoms with E-state index in [0.29, 0.717) is 29.4 Å². The monoisotopic (exact) mass is 408 g/mol. The first kappa shape index (κ1) is 21.0. The highest BCUT2D eigenvalue weighted by atomic mass is 16.2. The highest BCUT2D eigenvalue weighted by Crippen LogP contribution is 2.15. The van der Waals surface area contributed by atoms with E-state index in [2.05, 4.69) is 20.7 Å². The van der Waals surface area contributed by atoms with E-state index < -0.39 is 5.91 Å². The number of benzene rings is 1. The molecule has 0 aliphatic heterocycles. The van der Waals surface area contributed by atoms with E-state index in [9.17, 15) is 14.4 Å². The average Bonchev–Trinajstić information content (AvgIpc) is 3.00. The summed E-state index contributed by atoms with van der Waals surface area (Å²) in [5.74, 6) is -0.306. The van der Waals surface area contributed by atoms with Crippen molar-refractivity contribution in [2.24, 2.45) is 0 Å². The van der Waals surface area contributed by atoms with Gasteiger partial charge in [-0.15, -0.1) is 0 Å². The minimum absolute atomic E-state index is 0.207. The molecule has 3 aromatic rings. The summed E-state index contributed by atoms with van der Waals surface area (Å²) in [5.41, 5.74) is 2.97. The highest BCUT2D eigenvalue weighted by Gasteiger charge is 2.16. The van der Waals surface area contributed by atoms with E-state index in [1.165, 1.54) is 17.6 Å². The Hall–Kier alpha value is -3.75. The lowest BCUT2D eigenvalue weighted by Gasteiger charge is -2.14. The van der Waals surface area contributed by atoms with Crippen LogP contribution < -0.4 is 16.2 Å². The zero-order valence-corrected chi connectivity index (χ0v) is 17.4. The number of nitrogens with one attached hydrogen (secondary N) is 2. The number of anilines is 2. The minimum atomic E-state index is -0.397. The van der Waals surface area contributed by atoms with Gasteiger partial charge >= 0.3 is 0 Å². The van der Waals surface area contributed by atoms with Gasteiger partial charge in [-0.2, -0.15) is 5.10 Å². The number of hydrogen-bond donors (Lipinski definition) is 2. The van der Waals surface area contributed by atoms with Gasteiger partial charge in [0.25, 0.3) is 5.56 Å². The number of carbonyl (C=O) groups excluding carboxylic acids is 2. The third-order valence-electron chi connectivity index (χ3n) is 4.37. The van der Waals surface area contributed by atoms with Crippen molar-refractivity contribution in [2.75, 3.05) is 10.6 Å². The van der Waals surface area contributed by atoms with Crippen LogP contribution in [0.2, 0.25) is 0 Å². The number of nitrogens with zero attached hydrogens (tertiary/aromatic N) is 4. The molecule has 0 saturated carbocycles. The summed E-state index contributed by atoms with van der Waals surface area (Å²) in [6.45, 7) is 6.80. The van der Waals surface area contributed by atoms with Crippen molar-refractivity contribution in [1.29, 1.82) is 0 Å². The molecule has 3 rings (SSSR count). The van der Waals surface area contributed by atoms with Crippen molar-refractivity contribution >= 4 is 23.2 Å².